The molecular formula is C21H24ClN3O2. The molecule has 0 unspecified atom stereocenters. The Morgan fingerprint density at radius 2 is 1.78 bits per heavy atom. The molecule has 0 radical (unpaired) electrons. The van der Waals surface area contributed by atoms with Crippen LogP contribution < -0.4 is 10.6 Å². The molecule has 2 N–H and O–H groups in total. The van der Waals surface area contributed by atoms with Gasteiger partial charge in [-0.25, -0.2) is 0 Å². The van der Waals surface area contributed by atoms with Gasteiger partial charge in [0.15, 0.2) is 0 Å². The van der Waals surface area contributed by atoms with Gasteiger partial charge in [0.05, 0.1) is 6.54 Å². The first-order valence-electron chi connectivity index (χ1n) is 9.18. The highest BCUT2D eigenvalue weighted by Gasteiger charge is 2.19. The second-order valence-corrected chi connectivity index (χ2v) is 7.22. The number of nitrogens with one attached hydrogen (secondary N) is 2. The predicted molar refractivity (Wildman–Crippen MR) is 108 cm³/mol. The minimum absolute atomic E-state index is 0.0872. The molecule has 3 rings (SSSR count). The van der Waals surface area contributed by atoms with E-state index in [9.17, 15) is 9.59 Å². The third-order valence-electron chi connectivity index (χ3n) is 4.72. The van der Waals surface area contributed by atoms with Crippen molar-refractivity contribution in [3.63, 3.8) is 0 Å². The lowest BCUT2D eigenvalue weighted by Crippen LogP contribution is -2.29. The number of likely N-dealkylation sites (tertiary alicyclic amines) is 1. The van der Waals surface area contributed by atoms with Gasteiger partial charge in [0, 0.05) is 35.9 Å². The molecule has 2 aromatic carbocycles. The van der Waals surface area contributed by atoms with Gasteiger partial charge in [-0.05, 0) is 55.2 Å². The SMILES string of the molecule is Cc1ccc(Cl)cc1NCC(=O)NCc1ccc(C(=O)N2CCCC2)cc1. The van der Waals surface area contributed by atoms with E-state index in [2.05, 4.69) is 10.6 Å². The molecule has 27 heavy (non-hydrogen) atoms. The largest absolute Gasteiger partial charge is 0.376 e. The van der Waals surface area contributed by atoms with E-state index in [1.807, 2.05) is 48.2 Å². The molecule has 5 nitrogen and oxygen atoms in total. The molecule has 0 aliphatic carbocycles. The summed E-state index contributed by atoms with van der Waals surface area (Å²) in [5, 5.41) is 6.61. The molecule has 1 aliphatic rings. The lowest BCUT2D eigenvalue weighted by molar-refractivity contribution is -0.119. The van der Waals surface area contributed by atoms with Crippen LogP contribution in [0.3, 0.4) is 0 Å². The van der Waals surface area contributed by atoms with Crippen molar-refractivity contribution in [1.82, 2.24) is 10.2 Å². The Labute approximate surface area is 164 Å². The number of benzene rings is 2. The quantitative estimate of drug-likeness (QED) is 0.798. The van der Waals surface area contributed by atoms with E-state index in [0.29, 0.717) is 17.1 Å². The highest BCUT2D eigenvalue weighted by Crippen LogP contribution is 2.19. The van der Waals surface area contributed by atoms with Gasteiger partial charge in [-0.15, -0.1) is 0 Å². The zero-order valence-corrected chi connectivity index (χ0v) is 16.2. The highest BCUT2D eigenvalue weighted by molar-refractivity contribution is 6.30. The minimum atomic E-state index is -0.105. The lowest BCUT2D eigenvalue weighted by Gasteiger charge is -2.15. The van der Waals surface area contributed by atoms with E-state index in [0.717, 1.165) is 42.7 Å². The van der Waals surface area contributed by atoms with Crippen molar-refractivity contribution < 1.29 is 9.59 Å². The van der Waals surface area contributed by atoms with Crippen molar-refractivity contribution in [3.8, 4) is 0 Å². The van der Waals surface area contributed by atoms with Crippen LogP contribution in [0.1, 0.15) is 34.3 Å². The fourth-order valence-electron chi connectivity index (χ4n) is 3.09. The Morgan fingerprint density at radius 1 is 1.07 bits per heavy atom. The van der Waals surface area contributed by atoms with Gasteiger partial charge in [0.1, 0.15) is 0 Å². The average Bonchev–Trinajstić information content (AvgIpc) is 3.21. The Kier molecular flexibility index (Phi) is 6.35. The van der Waals surface area contributed by atoms with Crippen LogP contribution in [-0.2, 0) is 11.3 Å². The standard InChI is InChI=1S/C21H24ClN3O2/c1-15-4-9-18(22)12-19(15)23-14-20(26)24-13-16-5-7-17(8-6-16)21(27)25-10-2-3-11-25/h4-9,12,23H,2-3,10-11,13-14H2,1H3,(H,24,26). The smallest absolute Gasteiger partial charge is 0.253 e. The first-order valence-corrected chi connectivity index (χ1v) is 9.55. The molecule has 1 aliphatic heterocycles. The molecule has 0 aromatic heterocycles. The summed E-state index contributed by atoms with van der Waals surface area (Å²) in [6.07, 6.45) is 2.16. The molecule has 0 spiro atoms. The monoisotopic (exact) mass is 385 g/mol. The molecule has 0 bridgehead atoms. The number of hydrogen-bond donors (Lipinski definition) is 2. The highest BCUT2D eigenvalue weighted by atomic mass is 35.5. The van der Waals surface area contributed by atoms with E-state index in [-0.39, 0.29) is 18.4 Å². The van der Waals surface area contributed by atoms with Crippen LogP contribution in [0.15, 0.2) is 42.5 Å². The first-order chi connectivity index (χ1) is 13.0. The molecule has 0 atom stereocenters. The van der Waals surface area contributed by atoms with Gasteiger partial charge in [-0.2, -0.15) is 0 Å². The van der Waals surface area contributed by atoms with Crippen molar-refractivity contribution in [2.45, 2.75) is 26.3 Å². The van der Waals surface area contributed by atoms with Crippen molar-refractivity contribution in [2.24, 2.45) is 0 Å². The maximum absolute atomic E-state index is 12.3. The number of rotatable bonds is 6. The summed E-state index contributed by atoms with van der Waals surface area (Å²) in [4.78, 5) is 26.3. The second kappa shape index (κ2) is 8.91. The number of amides is 2. The van der Waals surface area contributed by atoms with Crippen molar-refractivity contribution in [1.29, 1.82) is 0 Å². The molecule has 6 heteroatoms. The summed E-state index contributed by atoms with van der Waals surface area (Å²) in [6.45, 7) is 4.24. The maximum atomic E-state index is 12.3. The fraction of sp³-hybridized carbons (Fsp3) is 0.333. The molecule has 1 saturated heterocycles. The number of hydrogen-bond acceptors (Lipinski definition) is 3. The average molecular weight is 386 g/mol. The van der Waals surface area contributed by atoms with Gasteiger partial charge in [0.25, 0.3) is 5.91 Å². The minimum Gasteiger partial charge on any atom is -0.376 e. The zero-order chi connectivity index (χ0) is 19.2. The van der Waals surface area contributed by atoms with Crippen molar-refractivity contribution in [2.75, 3.05) is 25.0 Å². The Balaban J connectivity index is 1.47. The van der Waals surface area contributed by atoms with Crippen LogP contribution >= 0.6 is 11.6 Å². The number of carbonyl (C=O) groups excluding carboxylic acids is 2. The second-order valence-electron chi connectivity index (χ2n) is 6.79. The summed E-state index contributed by atoms with van der Waals surface area (Å²) >= 11 is 5.98. The summed E-state index contributed by atoms with van der Waals surface area (Å²) in [5.41, 5.74) is 3.54. The van der Waals surface area contributed by atoms with Gasteiger partial charge in [0.2, 0.25) is 5.91 Å². The van der Waals surface area contributed by atoms with E-state index in [4.69, 9.17) is 11.6 Å². The van der Waals surface area contributed by atoms with Crippen LogP contribution in [0.4, 0.5) is 5.69 Å². The molecule has 1 heterocycles. The number of anilines is 1. The fourth-order valence-corrected chi connectivity index (χ4v) is 3.26. The number of nitrogens with zero attached hydrogens (tertiary/aromatic N) is 1. The van der Waals surface area contributed by atoms with Crippen LogP contribution in [-0.4, -0.2) is 36.3 Å². The number of aryl methyl sites for hydroxylation is 1. The van der Waals surface area contributed by atoms with Crippen LogP contribution in [0, 0.1) is 6.92 Å². The van der Waals surface area contributed by atoms with Crippen LogP contribution in [0.5, 0.6) is 0 Å². The first kappa shape index (κ1) is 19.2. The molecule has 2 aromatic rings. The Bertz CT molecular complexity index is 815. The molecule has 0 saturated carbocycles. The summed E-state index contributed by atoms with van der Waals surface area (Å²) in [5.74, 6) is -0.0178. The number of halogens is 1. The maximum Gasteiger partial charge on any atom is 0.253 e. The Morgan fingerprint density at radius 3 is 2.48 bits per heavy atom. The van der Waals surface area contributed by atoms with Crippen LogP contribution in [0.25, 0.3) is 0 Å². The molecular weight excluding hydrogens is 362 g/mol. The van der Waals surface area contributed by atoms with E-state index in [1.165, 1.54) is 0 Å². The van der Waals surface area contributed by atoms with Gasteiger partial charge >= 0.3 is 0 Å². The molecule has 142 valence electrons. The summed E-state index contributed by atoms with van der Waals surface area (Å²) in [7, 11) is 0. The topological polar surface area (TPSA) is 61.4 Å². The normalized spacial score (nSPS) is 13.5. The summed E-state index contributed by atoms with van der Waals surface area (Å²) < 4.78 is 0. The third-order valence-corrected chi connectivity index (χ3v) is 4.96. The Hall–Kier alpha value is -2.53. The van der Waals surface area contributed by atoms with Crippen molar-refractivity contribution >= 4 is 29.1 Å². The third kappa shape index (κ3) is 5.23. The molecule has 1 fully saturated rings. The zero-order valence-electron chi connectivity index (χ0n) is 15.4. The van der Waals surface area contributed by atoms with Gasteiger partial charge in [-0.3, -0.25) is 9.59 Å². The molecule has 2 amide bonds. The predicted octanol–water partition coefficient (Wildman–Crippen LogP) is 3.61. The van der Waals surface area contributed by atoms with Crippen LogP contribution in [0.2, 0.25) is 5.02 Å². The van der Waals surface area contributed by atoms with Gasteiger partial charge < -0.3 is 15.5 Å². The number of carbonyl (C=O) groups is 2. The van der Waals surface area contributed by atoms with Crippen molar-refractivity contribution in [3.05, 3.63) is 64.2 Å². The van der Waals surface area contributed by atoms with E-state index >= 15 is 0 Å². The van der Waals surface area contributed by atoms with E-state index < -0.39 is 0 Å². The summed E-state index contributed by atoms with van der Waals surface area (Å²) in [6, 6.07) is 13.0. The van der Waals surface area contributed by atoms with E-state index in [1.54, 1.807) is 6.07 Å². The van der Waals surface area contributed by atoms with Gasteiger partial charge in [-0.1, -0.05) is 29.8 Å². The lowest BCUT2D eigenvalue weighted by atomic mass is 10.1.